The minimum atomic E-state index is -0.292. The number of ether oxygens (including phenoxy) is 3. The Morgan fingerprint density at radius 3 is 2.32 bits per heavy atom. The lowest BCUT2D eigenvalue weighted by Gasteiger charge is -2.39. The van der Waals surface area contributed by atoms with E-state index in [-0.39, 0.29) is 12.1 Å². The number of carbonyl (C=O) groups excluding carboxylic acids is 1. The van der Waals surface area contributed by atoms with Crippen molar-refractivity contribution in [1.29, 1.82) is 0 Å². The number of nitrogens with zero attached hydrogens (tertiary/aromatic N) is 1. The van der Waals surface area contributed by atoms with Crippen molar-refractivity contribution in [3.8, 4) is 11.5 Å². The lowest BCUT2D eigenvalue weighted by Crippen LogP contribution is -2.44. The Kier molecular flexibility index (Phi) is 5.35. The van der Waals surface area contributed by atoms with Crippen LogP contribution >= 0.6 is 0 Å². The molecule has 3 aromatic rings. The van der Waals surface area contributed by atoms with Crippen LogP contribution in [-0.4, -0.2) is 37.7 Å². The number of benzene rings is 3. The Balaban J connectivity index is 1.14. The Morgan fingerprint density at radius 1 is 0.935 bits per heavy atom. The first-order valence-electron chi connectivity index (χ1n) is 10.6. The van der Waals surface area contributed by atoms with Crippen LogP contribution in [0.4, 0.5) is 0 Å². The molecular formula is C26H25NO4. The third-order valence-electron chi connectivity index (χ3n) is 6.03. The second-order valence-electron chi connectivity index (χ2n) is 8.11. The van der Waals surface area contributed by atoms with Crippen molar-refractivity contribution >= 4 is 5.97 Å². The lowest BCUT2D eigenvalue weighted by molar-refractivity contribution is 0.0600. The maximum absolute atomic E-state index is 11.6. The number of carbonyl (C=O) groups is 1. The van der Waals surface area contributed by atoms with Gasteiger partial charge in [-0.3, -0.25) is 4.90 Å². The molecule has 2 aliphatic rings. The van der Waals surface area contributed by atoms with E-state index in [9.17, 15) is 4.79 Å². The second-order valence-corrected chi connectivity index (χ2v) is 8.11. The Bertz CT molecular complexity index is 1060. The number of fused-ring (bicyclic) bond motifs is 1. The van der Waals surface area contributed by atoms with Gasteiger partial charge in [-0.05, 0) is 41.0 Å². The zero-order valence-corrected chi connectivity index (χ0v) is 17.5. The predicted octanol–water partition coefficient (Wildman–Crippen LogP) is 4.59. The van der Waals surface area contributed by atoms with Crippen molar-refractivity contribution in [1.82, 2.24) is 4.90 Å². The van der Waals surface area contributed by atoms with E-state index in [1.807, 2.05) is 48.5 Å². The third kappa shape index (κ3) is 4.14. The van der Waals surface area contributed by atoms with Crippen molar-refractivity contribution in [3.63, 3.8) is 0 Å². The smallest absolute Gasteiger partial charge is 0.337 e. The zero-order valence-electron chi connectivity index (χ0n) is 17.5. The molecule has 2 heterocycles. The molecule has 0 spiro atoms. The summed E-state index contributed by atoms with van der Waals surface area (Å²) in [6, 6.07) is 24.2. The maximum atomic E-state index is 11.6. The molecule has 1 atom stereocenters. The summed E-state index contributed by atoms with van der Waals surface area (Å²) >= 11 is 0. The van der Waals surface area contributed by atoms with E-state index in [4.69, 9.17) is 14.2 Å². The molecule has 5 nitrogen and oxygen atoms in total. The number of para-hydroxylation sites is 2. The highest BCUT2D eigenvalue weighted by atomic mass is 16.6. The average Bonchev–Trinajstić information content (AvgIpc) is 2.81. The highest BCUT2D eigenvalue weighted by Gasteiger charge is 2.28. The molecule has 3 aromatic carbocycles. The molecule has 0 bridgehead atoms. The van der Waals surface area contributed by atoms with Gasteiger partial charge in [0.15, 0.2) is 17.6 Å². The van der Waals surface area contributed by atoms with Crippen molar-refractivity contribution in [2.75, 3.05) is 26.8 Å². The number of rotatable bonds is 5. The summed E-state index contributed by atoms with van der Waals surface area (Å²) < 4.78 is 16.7. The van der Waals surface area contributed by atoms with Crippen molar-refractivity contribution in [2.45, 2.75) is 18.6 Å². The van der Waals surface area contributed by atoms with E-state index in [0.29, 0.717) is 18.1 Å². The molecule has 0 N–H and O–H groups in total. The van der Waals surface area contributed by atoms with Crippen LogP contribution in [-0.2, 0) is 11.3 Å². The van der Waals surface area contributed by atoms with Crippen LogP contribution in [0.3, 0.4) is 0 Å². The molecule has 2 aliphatic heterocycles. The lowest BCUT2D eigenvalue weighted by atomic mass is 9.90. The summed E-state index contributed by atoms with van der Waals surface area (Å²) in [5.41, 5.74) is 4.29. The topological polar surface area (TPSA) is 48.0 Å². The molecular weight excluding hydrogens is 390 g/mol. The van der Waals surface area contributed by atoms with Crippen molar-refractivity contribution in [2.24, 2.45) is 0 Å². The standard InChI is InChI=1S/C26H25NO4/c1-29-26(28)21-12-10-19(11-13-21)22-15-27(16-22)14-18-6-8-20(9-7-18)25-17-30-23-4-2-3-5-24(23)31-25/h2-13,22,25H,14-17H2,1H3. The molecule has 5 heteroatoms. The molecule has 1 fully saturated rings. The normalized spacial score (nSPS) is 18.3. The first kappa shape index (κ1) is 19.6. The van der Waals surface area contributed by atoms with Crippen molar-refractivity contribution in [3.05, 3.63) is 95.1 Å². The van der Waals surface area contributed by atoms with Crippen LogP contribution in [0.25, 0.3) is 0 Å². The Morgan fingerprint density at radius 2 is 1.61 bits per heavy atom. The average molecular weight is 415 g/mol. The van der Waals surface area contributed by atoms with Gasteiger partial charge < -0.3 is 14.2 Å². The van der Waals surface area contributed by atoms with Gasteiger partial charge in [0.25, 0.3) is 0 Å². The van der Waals surface area contributed by atoms with E-state index in [1.165, 1.54) is 18.2 Å². The summed E-state index contributed by atoms with van der Waals surface area (Å²) in [6.07, 6.45) is -0.0784. The van der Waals surface area contributed by atoms with E-state index < -0.39 is 0 Å². The van der Waals surface area contributed by atoms with Crippen LogP contribution in [0.1, 0.15) is 39.1 Å². The Labute approximate surface area is 182 Å². The van der Waals surface area contributed by atoms with Crippen LogP contribution in [0, 0.1) is 0 Å². The van der Waals surface area contributed by atoms with Gasteiger partial charge in [-0.25, -0.2) is 4.79 Å². The summed E-state index contributed by atoms with van der Waals surface area (Å²) in [7, 11) is 1.40. The fourth-order valence-corrected chi connectivity index (χ4v) is 4.20. The summed E-state index contributed by atoms with van der Waals surface area (Å²) in [6.45, 7) is 3.51. The monoisotopic (exact) mass is 415 g/mol. The second kappa shape index (κ2) is 8.44. The van der Waals surface area contributed by atoms with Gasteiger partial charge >= 0.3 is 5.97 Å². The van der Waals surface area contributed by atoms with Crippen LogP contribution in [0.15, 0.2) is 72.8 Å². The number of methoxy groups -OCH3 is 1. The van der Waals surface area contributed by atoms with Gasteiger partial charge in [0, 0.05) is 25.6 Å². The predicted molar refractivity (Wildman–Crippen MR) is 118 cm³/mol. The maximum Gasteiger partial charge on any atom is 0.337 e. The highest BCUT2D eigenvalue weighted by molar-refractivity contribution is 5.89. The van der Waals surface area contributed by atoms with Crippen LogP contribution in [0.5, 0.6) is 11.5 Å². The first-order valence-corrected chi connectivity index (χ1v) is 10.6. The zero-order chi connectivity index (χ0) is 21.2. The van der Waals surface area contributed by atoms with Crippen LogP contribution in [0.2, 0.25) is 0 Å². The van der Waals surface area contributed by atoms with E-state index in [1.54, 1.807) is 0 Å². The number of hydrogen-bond acceptors (Lipinski definition) is 5. The molecule has 0 aliphatic carbocycles. The number of esters is 1. The largest absolute Gasteiger partial charge is 0.485 e. The van der Waals surface area contributed by atoms with Gasteiger partial charge in [0.05, 0.1) is 12.7 Å². The minimum Gasteiger partial charge on any atom is -0.485 e. The van der Waals surface area contributed by atoms with Gasteiger partial charge in [0.1, 0.15) is 6.61 Å². The van der Waals surface area contributed by atoms with E-state index in [0.717, 1.165) is 36.7 Å². The molecule has 158 valence electrons. The Hall–Kier alpha value is -3.31. The third-order valence-corrected chi connectivity index (χ3v) is 6.03. The van der Waals surface area contributed by atoms with Crippen LogP contribution < -0.4 is 9.47 Å². The molecule has 0 saturated carbocycles. The molecule has 0 radical (unpaired) electrons. The number of hydrogen-bond donors (Lipinski definition) is 0. The van der Waals surface area contributed by atoms with Gasteiger partial charge in [-0.2, -0.15) is 0 Å². The SMILES string of the molecule is COC(=O)c1ccc(C2CN(Cc3ccc(C4COc5ccccc5O4)cc3)C2)cc1. The number of likely N-dealkylation sites (tertiary alicyclic amines) is 1. The highest BCUT2D eigenvalue weighted by Crippen LogP contribution is 2.36. The summed E-state index contributed by atoms with van der Waals surface area (Å²) in [5, 5.41) is 0. The quantitative estimate of drug-likeness (QED) is 0.571. The molecule has 1 unspecified atom stereocenters. The summed E-state index contributed by atoms with van der Waals surface area (Å²) in [5.74, 6) is 1.83. The van der Waals surface area contributed by atoms with E-state index >= 15 is 0 Å². The van der Waals surface area contributed by atoms with Crippen molar-refractivity contribution < 1.29 is 19.0 Å². The molecule has 0 amide bonds. The van der Waals surface area contributed by atoms with Gasteiger partial charge in [-0.15, -0.1) is 0 Å². The first-order chi connectivity index (χ1) is 15.2. The van der Waals surface area contributed by atoms with Gasteiger partial charge in [-0.1, -0.05) is 48.5 Å². The van der Waals surface area contributed by atoms with E-state index in [2.05, 4.69) is 29.2 Å². The fraction of sp³-hybridized carbons (Fsp3) is 0.269. The van der Waals surface area contributed by atoms with Gasteiger partial charge in [0.2, 0.25) is 0 Å². The molecule has 31 heavy (non-hydrogen) atoms. The molecule has 1 saturated heterocycles. The molecule has 5 rings (SSSR count). The minimum absolute atomic E-state index is 0.0784. The fourth-order valence-electron chi connectivity index (χ4n) is 4.20. The summed E-state index contributed by atoms with van der Waals surface area (Å²) in [4.78, 5) is 14.0. The molecule has 0 aromatic heterocycles.